The maximum absolute atomic E-state index is 10.3. The summed E-state index contributed by atoms with van der Waals surface area (Å²) in [6.45, 7) is 0. The first kappa shape index (κ1) is 20.1. The summed E-state index contributed by atoms with van der Waals surface area (Å²) in [6, 6.07) is 0. The highest BCUT2D eigenvalue weighted by atomic mass is 32.2. The van der Waals surface area contributed by atoms with E-state index in [0.29, 0.717) is 0 Å². The minimum atomic E-state index is -0.693. The molecule has 0 aromatic rings. The van der Waals surface area contributed by atoms with E-state index in [1.165, 1.54) is 51.4 Å². The van der Waals surface area contributed by atoms with Gasteiger partial charge in [-0.2, -0.15) is 11.8 Å². The van der Waals surface area contributed by atoms with Crippen LogP contribution in [-0.2, 0) is 4.79 Å². The highest BCUT2D eigenvalue weighted by Gasteiger charge is 1.96. The summed E-state index contributed by atoms with van der Waals surface area (Å²) >= 11 is 1.75. The van der Waals surface area contributed by atoms with Gasteiger partial charge in [-0.15, -0.1) is 12.3 Å². The molecule has 2 nitrogen and oxygen atoms in total. The molecule has 0 aromatic carbocycles. The quantitative estimate of drug-likeness (QED) is 0.254. The van der Waals surface area contributed by atoms with Crippen LogP contribution in [0.2, 0.25) is 0 Å². The summed E-state index contributed by atoms with van der Waals surface area (Å²) in [4.78, 5) is 10.3. The molecule has 0 unspecified atom stereocenters. The molecular weight excluding hydrogens is 280 g/mol. The van der Waals surface area contributed by atoms with Crippen LogP contribution in [0.4, 0.5) is 0 Å². The molecule has 0 aliphatic carbocycles. The predicted octanol–water partition coefficient (Wildman–Crippen LogP) is 5.28. The lowest BCUT2D eigenvalue weighted by Crippen LogP contribution is -1.96. The Labute approximate surface area is 134 Å². The summed E-state index contributed by atoms with van der Waals surface area (Å²) in [5.74, 6) is 3.81. The van der Waals surface area contributed by atoms with Crippen LogP contribution in [0, 0.1) is 12.3 Å². The Bertz CT molecular complexity index is 305. The average molecular weight is 311 g/mol. The number of aliphatic carboxylic acids is 1. The lowest BCUT2D eigenvalue weighted by Gasteiger charge is -1.99. The van der Waals surface area contributed by atoms with Gasteiger partial charge in [0.1, 0.15) is 0 Å². The molecule has 0 radical (unpaired) electrons. The standard InChI is InChI=1S/C18H30O2S/c1-2-3-4-5-6-7-8-9-10-11-12-13-14-16-21-17-15-18(19)20/h1,10-11H,3-9,12-17H2,(H,19,20). The zero-order valence-corrected chi connectivity index (χ0v) is 14.0. The Balaban J connectivity index is 3.09. The number of thioether (sulfide) groups is 1. The minimum Gasteiger partial charge on any atom is -0.481 e. The number of terminal acetylenes is 1. The van der Waals surface area contributed by atoms with E-state index in [1.54, 1.807) is 11.8 Å². The highest BCUT2D eigenvalue weighted by molar-refractivity contribution is 7.99. The van der Waals surface area contributed by atoms with Gasteiger partial charge in [0.15, 0.2) is 0 Å². The second-order valence-corrected chi connectivity index (χ2v) is 6.46. The van der Waals surface area contributed by atoms with Crippen molar-refractivity contribution in [1.29, 1.82) is 0 Å². The van der Waals surface area contributed by atoms with Crippen LogP contribution < -0.4 is 0 Å². The van der Waals surface area contributed by atoms with Crippen LogP contribution in [-0.4, -0.2) is 22.6 Å². The van der Waals surface area contributed by atoms with Crippen LogP contribution in [0.3, 0.4) is 0 Å². The molecule has 0 rings (SSSR count). The maximum Gasteiger partial charge on any atom is 0.304 e. The van der Waals surface area contributed by atoms with E-state index >= 15 is 0 Å². The summed E-state index contributed by atoms with van der Waals surface area (Å²) in [5, 5.41) is 8.50. The summed E-state index contributed by atoms with van der Waals surface area (Å²) in [5.41, 5.74) is 0. The Hall–Kier alpha value is -0.880. The number of unbranched alkanes of at least 4 members (excludes halogenated alkanes) is 8. The first-order valence-electron chi connectivity index (χ1n) is 8.15. The van der Waals surface area contributed by atoms with Gasteiger partial charge in [-0.05, 0) is 44.3 Å². The third-order valence-electron chi connectivity index (χ3n) is 3.23. The molecule has 0 atom stereocenters. The van der Waals surface area contributed by atoms with Crippen LogP contribution in [0.15, 0.2) is 12.2 Å². The number of allylic oxidation sites excluding steroid dienone is 2. The molecule has 21 heavy (non-hydrogen) atoms. The molecule has 0 fully saturated rings. The maximum atomic E-state index is 10.3. The van der Waals surface area contributed by atoms with Gasteiger partial charge in [0, 0.05) is 12.2 Å². The normalized spacial score (nSPS) is 10.8. The molecular formula is C18H30O2S. The molecule has 3 heteroatoms. The molecule has 0 aliphatic heterocycles. The molecule has 0 aromatic heterocycles. The number of carboxylic acids is 1. The van der Waals surface area contributed by atoms with Crippen molar-refractivity contribution in [3.05, 3.63) is 12.2 Å². The second-order valence-electron chi connectivity index (χ2n) is 5.23. The van der Waals surface area contributed by atoms with Crippen LogP contribution in [0.25, 0.3) is 0 Å². The molecule has 0 bridgehead atoms. The van der Waals surface area contributed by atoms with Crippen molar-refractivity contribution in [2.24, 2.45) is 0 Å². The number of carbonyl (C=O) groups is 1. The van der Waals surface area contributed by atoms with Crippen LogP contribution in [0.5, 0.6) is 0 Å². The van der Waals surface area contributed by atoms with Gasteiger partial charge in [-0.1, -0.05) is 31.4 Å². The second kappa shape index (κ2) is 17.2. The monoisotopic (exact) mass is 310 g/mol. The summed E-state index contributed by atoms with van der Waals surface area (Å²) in [7, 11) is 0. The smallest absolute Gasteiger partial charge is 0.304 e. The fourth-order valence-corrected chi connectivity index (χ4v) is 2.91. The van der Waals surface area contributed by atoms with Crippen molar-refractivity contribution in [2.45, 2.75) is 70.6 Å². The topological polar surface area (TPSA) is 37.3 Å². The Kier molecular flexibility index (Phi) is 16.5. The largest absolute Gasteiger partial charge is 0.481 e. The van der Waals surface area contributed by atoms with Crippen molar-refractivity contribution in [2.75, 3.05) is 11.5 Å². The molecule has 0 heterocycles. The summed E-state index contributed by atoms with van der Waals surface area (Å²) < 4.78 is 0. The molecule has 0 amide bonds. The van der Waals surface area contributed by atoms with E-state index < -0.39 is 5.97 Å². The molecule has 0 saturated carbocycles. The van der Waals surface area contributed by atoms with E-state index in [1.807, 2.05) is 0 Å². The first-order valence-corrected chi connectivity index (χ1v) is 9.31. The molecule has 0 saturated heterocycles. The molecule has 0 aliphatic rings. The average Bonchev–Trinajstić information content (AvgIpc) is 2.46. The highest BCUT2D eigenvalue weighted by Crippen LogP contribution is 2.09. The van der Waals surface area contributed by atoms with Crippen molar-refractivity contribution < 1.29 is 9.90 Å². The fraction of sp³-hybridized carbons (Fsp3) is 0.722. The van der Waals surface area contributed by atoms with Crippen molar-refractivity contribution in [3.8, 4) is 12.3 Å². The van der Waals surface area contributed by atoms with Crippen molar-refractivity contribution in [3.63, 3.8) is 0 Å². The van der Waals surface area contributed by atoms with Gasteiger partial charge < -0.3 is 5.11 Å². The van der Waals surface area contributed by atoms with Gasteiger partial charge in [-0.3, -0.25) is 4.79 Å². The van der Waals surface area contributed by atoms with E-state index in [0.717, 1.165) is 24.3 Å². The number of hydrogen-bond acceptors (Lipinski definition) is 2. The molecule has 120 valence electrons. The SMILES string of the molecule is C#CCCCCCCCC=CCCCCSCCC(=O)O. The number of carboxylic acid groups (broad SMARTS) is 1. The Morgan fingerprint density at radius 3 is 2.24 bits per heavy atom. The van der Waals surface area contributed by atoms with Gasteiger partial charge >= 0.3 is 5.97 Å². The number of rotatable bonds is 15. The van der Waals surface area contributed by atoms with Crippen LogP contribution in [0.1, 0.15) is 70.6 Å². The predicted molar refractivity (Wildman–Crippen MR) is 93.7 cm³/mol. The van der Waals surface area contributed by atoms with Gasteiger partial charge in [-0.25, -0.2) is 0 Å². The Morgan fingerprint density at radius 2 is 1.57 bits per heavy atom. The fourth-order valence-electron chi connectivity index (χ4n) is 1.98. The van der Waals surface area contributed by atoms with Gasteiger partial charge in [0.2, 0.25) is 0 Å². The summed E-state index contributed by atoms with van der Waals surface area (Å²) in [6.07, 6.45) is 22.1. The Morgan fingerprint density at radius 1 is 0.952 bits per heavy atom. The zero-order chi connectivity index (χ0) is 15.6. The number of hydrogen-bond donors (Lipinski definition) is 1. The van der Waals surface area contributed by atoms with Crippen molar-refractivity contribution >= 4 is 17.7 Å². The van der Waals surface area contributed by atoms with E-state index in [-0.39, 0.29) is 6.42 Å². The van der Waals surface area contributed by atoms with E-state index in [2.05, 4.69) is 18.1 Å². The zero-order valence-electron chi connectivity index (χ0n) is 13.2. The van der Waals surface area contributed by atoms with Crippen LogP contribution >= 0.6 is 11.8 Å². The van der Waals surface area contributed by atoms with Gasteiger partial charge in [0.25, 0.3) is 0 Å². The first-order chi connectivity index (χ1) is 10.3. The van der Waals surface area contributed by atoms with Crippen molar-refractivity contribution in [1.82, 2.24) is 0 Å². The van der Waals surface area contributed by atoms with Gasteiger partial charge in [0.05, 0.1) is 6.42 Å². The molecule has 0 spiro atoms. The lowest BCUT2D eigenvalue weighted by atomic mass is 10.1. The third kappa shape index (κ3) is 19.1. The van der Waals surface area contributed by atoms with E-state index in [9.17, 15) is 4.79 Å². The third-order valence-corrected chi connectivity index (χ3v) is 4.30. The molecule has 1 N–H and O–H groups in total. The minimum absolute atomic E-state index is 0.285. The van der Waals surface area contributed by atoms with E-state index in [4.69, 9.17) is 11.5 Å². The lowest BCUT2D eigenvalue weighted by molar-refractivity contribution is -0.136.